The molecule has 174 valence electrons. The largest absolute Gasteiger partial charge is 0.486 e. The third-order valence-electron chi connectivity index (χ3n) is 5.44. The number of benzene rings is 2. The summed E-state index contributed by atoms with van der Waals surface area (Å²) in [5, 5.41) is 13.1. The normalized spacial score (nSPS) is 13.0. The lowest BCUT2D eigenvalue weighted by Crippen LogP contribution is -2.17. The summed E-state index contributed by atoms with van der Waals surface area (Å²) in [6.07, 6.45) is 3.36. The Morgan fingerprint density at radius 2 is 1.66 bits per heavy atom. The van der Waals surface area contributed by atoms with E-state index in [0.29, 0.717) is 47.6 Å². The molecule has 0 fully saturated rings. The van der Waals surface area contributed by atoms with Crippen molar-refractivity contribution in [1.82, 2.24) is 24.8 Å². The molecule has 0 unspecified atom stereocenters. The minimum absolute atomic E-state index is 0.0816. The minimum Gasteiger partial charge on any atom is -0.486 e. The summed E-state index contributed by atoms with van der Waals surface area (Å²) in [5.74, 6) is 1.52. The van der Waals surface area contributed by atoms with Crippen molar-refractivity contribution in [3.63, 3.8) is 0 Å². The quantitative estimate of drug-likeness (QED) is 0.401. The van der Waals surface area contributed by atoms with E-state index in [9.17, 15) is 8.42 Å². The molecule has 4 heterocycles. The molecule has 1 N–H and O–H groups in total. The number of rotatable bonds is 5. The van der Waals surface area contributed by atoms with E-state index in [2.05, 4.69) is 25.0 Å². The third-order valence-corrected chi connectivity index (χ3v) is 6.81. The van der Waals surface area contributed by atoms with Gasteiger partial charge in [0, 0.05) is 35.3 Å². The zero-order chi connectivity index (χ0) is 23.8. The van der Waals surface area contributed by atoms with Gasteiger partial charge in [-0.15, -0.1) is 10.2 Å². The van der Waals surface area contributed by atoms with E-state index in [4.69, 9.17) is 9.47 Å². The van der Waals surface area contributed by atoms with E-state index in [0.717, 1.165) is 11.1 Å². The molecule has 0 atom stereocenters. The van der Waals surface area contributed by atoms with Crippen LogP contribution in [0.4, 0.5) is 5.69 Å². The first kappa shape index (κ1) is 21.1. The van der Waals surface area contributed by atoms with Gasteiger partial charge >= 0.3 is 0 Å². The number of fused-ring (bicyclic) bond motifs is 2. The van der Waals surface area contributed by atoms with Crippen molar-refractivity contribution < 1.29 is 17.9 Å². The van der Waals surface area contributed by atoms with Crippen molar-refractivity contribution in [1.29, 1.82) is 0 Å². The SMILES string of the molecule is O=S(=O)(Nc1cccc(-c2ccc3nnc(-c4ccncc4)n3n2)c1)c1ccc2c(c1)OCCO2. The van der Waals surface area contributed by atoms with Gasteiger partial charge in [0.2, 0.25) is 0 Å². The van der Waals surface area contributed by atoms with E-state index < -0.39 is 10.0 Å². The molecule has 0 aliphatic carbocycles. The Hall–Kier alpha value is -4.51. The van der Waals surface area contributed by atoms with Crippen molar-refractivity contribution in [2.45, 2.75) is 4.90 Å². The van der Waals surface area contributed by atoms with E-state index in [1.807, 2.05) is 30.3 Å². The van der Waals surface area contributed by atoms with E-state index in [-0.39, 0.29) is 4.90 Å². The molecule has 35 heavy (non-hydrogen) atoms. The molecular weight excluding hydrogens is 468 g/mol. The second-order valence-corrected chi connectivity index (χ2v) is 9.42. The van der Waals surface area contributed by atoms with E-state index >= 15 is 0 Å². The number of anilines is 1. The Bertz CT molecular complexity index is 1650. The van der Waals surface area contributed by atoms with Gasteiger partial charge < -0.3 is 9.47 Å². The van der Waals surface area contributed by atoms with Gasteiger partial charge in [-0.05, 0) is 48.5 Å². The number of hydrogen-bond acceptors (Lipinski definition) is 8. The van der Waals surface area contributed by atoms with Crippen LogP contribution in [0.5, 0.6) is 11.5 Å². The van der Waals surface area contributed by atoms with Crippen molar-refractivity contribution in [3.8, 4) is 34.1 Å². The zero-order valence-corrected chi connectivity index (χ0v) is 19.0. The van der Waals surface area contributed by atoms with Crippen LogP contribution in [0.25, 0.3) is 28.3 Å². The van der Waals surface area contributed by atoms with Gasteiger partial charge in [0.25, 0.3) is 10.0 Å². The topological polar surface area (TPSA) is 121 Å². The van der Waals surface area contributed by atoms with Gasteiger partial charge in [-0.25, -0.2) is 8.42 Å². The van der Waals surface area contributed by atoms with Crippen molar-refractivity contribution in [2.24, 2.45) is 0 Å². The number of nitrogens with one attached hydrogen (secondary N) is 1. The van der Waals surface area contributed by atoms with Crippen molar-refractivity contribution in [2.75, 3.05) is 17.9 Å². The molecule has 2 aromatic carbocycles. The lowest BCUT2D eigenvalue weighted by molar-refractivity contribution is 0.171. The number of hydrogen-bond donors (Lipinski definition) is 1. The third kappa shape index (κ3) is 4.02. The second-order valence-electron chi connectivity index (χ2n) is 7.74. The van der Waals surface area contributed by atoms with Crippen LogP contribution in [0.3, 0.4) is 0 Å². The lowest BCUT2D eigenvalue weighted by atomic mass is 10.1. The Morgan fingerprint density at radius 1 is 0.829 bits per heavy atom. The van der Waals surface area contributed by atoms with E-state index in [1.54, 1.807) is 41.2 Å². The van der Waals surface area contributed by atoms with Gasteiger partial charge in [-0.2, -0.15) is 9.61 Å². The highest BCUT2D eigenvalue weighted by atomic mass is 32.2. The maximum absolute atomic E-state index is 13.0. The number of sulfonamides is 1. The van der Waals surface area contributed by atoms with Gasteiger partial charge in [0.15, 0.2) is 23.0 Å². The highest BCUT2D eigenvalue weighted by Crippen LogP contribution is 2.33. The Labute approximate surface area is 200 Å². The van der Waals surface area contributed by atoms with E-state index in [1.165, 1.54) is 12.1 Å². The second kappa shape index (κ2) is 8.37. The lowest BCUT2D eigenvalue weighted by Gasteiger charge is -2.19. The van der Waals surface area contributed by atoms with Gasteiger partial charge in [0.05, 0.1) is 10.6 Å². The average molecular weight is 487 g/mol. The molecule has 0 bridgehead atoms. The fourth-order valence-electron chi connectivity index (χ4n) is 3.77. The van der Waals surface area contributed by atoms with Crippen LogP contribution < -0.4 is 14.2 Å². The molecule has 1 aliphatic heterocycles. The zero-order valence-electron chi connectivity index (χ0n) is 18.2. The molecule has 0 radical (unpaired) electrons. The van der Waals surface area contributed by atoms with Crippen LogP contribution >= 0.6 is 0 Å². The van der Waals surface area contributed by atoms with Crippen LogP contribution in [0, 0.1) is 0 Å². The highest BCUT2D eigenvalue weighted by molar-refractivity contribution is 7.92. The maximum atomic E-state index is 13.0. The molecular formula is C24H18N6O4S. The summed E-state index contributed by atoms with van der Waals surface area (Å²) in [5.41, 5.74) is 3.18. The monoisotopic (exact) mass is 486 g/mol. The summed E-state index contributed by atoms with van der Waals surface area (Å²) in [6, 6.07) is 18.9. The van der Waals surface area contributed by atoms with Crippen molar-refractivity contribution in [3.05, 3.63) is 79.1 Å². The van der Waals surface area contributed by atoms with Gasteiger partial charge in [0.1, 0.15) is 13.2 Å². The number of pyridine rings is 1. The number of ether oxygens (including phenoxy) is 2. The summed E-state index contributed by atoms with van der Waals surface area (Å²) in [7, 11) is -3.85. The molecule has 3 aromatic heterocycles. The molecule has 0 saturated carbocycles. The van der Waals surface area contributed by atoms with Crippen molar-refractivity contribution >= 4 is 21.4 Å². The van der Waals surface area contributed by atoms with Crippen LogP contribution in [0.2, 0.25) is 0 Å². The molecule has 0 amide bonds. The highest BCUT2D eigenvalue weighted by Gasteiger charge is 2.20. The summed E-state index contributed by atoms with van der Waals surface area (Å²) in [4.78, 5) is 4.12. The summed E-state index contributed by atoms with van der Waals surface area (Å²) < 4.78 is 41.3. The fraction of sp³-hybridized carbons (Fsp3) is 0.0833. The smallest absolute Gasteiger partial charge is 0.262 e. The maximum Gasteiger partial charge on any atom is 0.262 e. The van der Waals surface area contributed by atoms with Crippen LogP contribution in [0.1, 0.15) is 0 Å². The minimum atomic E-state index is -3.85. The molecule has 10 nitrogen and oxygen atoms in total. The predicted molar refractivity (Wildman–Crippen MR) is 128 cm³/mol. The molecule has 0 spiro atoms. The first-order chi connectivity index (χ1) is 17.1. The summed E-state index contributed by atoms with van der Waals surface area (Å²) in [6.45, 7) is 0.807. The molecule has 11 heteroatoms. The Balaban J connectivity index is 1.32. The van der Waals surface area contributed by atoms with Crippen LogP contribution in [-0.4, -0.2) is 46.4 Å². The Kier molecular flexibility index (Phi) is 5.03. The predicted octanol–water partition coefficient (Wildman–Crippen LogP) is 3.43. The van der Waals surface area contributed by atoms with Crippen LogP contribution in [0.15, 0.2) is 84.0 Å². The average Bonchev–Trinajstić information content (AvgIpc) is 3.32. The van der Waals surface area contributed by atoms with Gasteiger partial charge in [-0.1, -0.05) is 12.1 Å². The number of nitrogens with zero attached hydrogens (tertiary/aromatic N) is 5. The first-order valence-corrected chi connectivity index (χ1v) is 12.2. The molecule has 5 aromatic rings. The summed E-state index contributed by atoms with van der Waals surface area (Å²) >= 11 is 0. The fourth-order valence-corrected chi connectivity index (χ4v) is 4.84. The Morgan fingerprint density at radius 3 is 2.51 bits per heavy atom. The van der Waals surface area contributed by atoms with Crippen LogP contribution in [-0.2, 0) is 10.0 Å². The van der Waals surface area contributed by atoms with Gasteiger partial charge in [-0.3, -0.25) is 9.71 Å². The number of aromatic nitrogens is 5. The molecule has 1 aliphatic rings. The standard InChI is InChI=1S/C24H18N6O4S/c31-35(32,19-4-6-21-22(15-19)34-13-12-33-21)29-18-3-1-2-17(14-18)20-5-7-23-26-27-24(30(23)28-20)16-8-10-25-11-9-16/h1-11,14-15,29H,12-13H2. The first-order valence-electron chi connectivity index (χ1n) is 10.7. The molecule has 6 rings (SSSR count). The molecule has 0 saturated heterocycles.